The molecular weight excluding hydrogens is 453 g/mol. The molecule has 2 aromatic carbocycles. The Bertz CT molecular complexity index is 1090. The summed E-state index contributed by atoms with van der Waals surface area (Å²) in [5.74, 6) is 0.896. The van der Waals surface area contributed by atoms with Crippen molar-refractivity contribution in [2.45, 2.75) is 26.9 Å². The van der Waals surface area contributed by atoms with Gasteiger partial charge < -0.3 is 19.5 Å². The van der Waals surface area contributed by atoms with Crippen molar-refractivity contribution >= 4 is 40.7 Å². The number of benzene rings is 2. The van der Waals surface area contributed by atoms with Gasteiger partial charge in [0.25, 0.3) is 0 Å². The number of amides is 2. The number of carbonyl (C=O) groups is 2. The van der Waals surface area contributed by atoms with Crippen molar-refractivity contribution in [3.8, 4) is 5.75 Å². The van der Waals surface area contributed by atoms with Gasteiger partial charge in [0.1, 0.15) is 18.1 Å². The number of anilines is 1. The number of aryl methyl sites for hydroxylation is 2. The zero-order valence-corrected chi connectivity index (χ0v) is 19.5. The van der Waals surface area contributed by atoms with Gasteiger partial charge in [0.05, 0.1) is 34.3 Å². The molecule has 0 aliphatic rings. The Hall–Kier alpha value is -3.03. The smallest absolute Gasteiger partial charge is 0.243 e. The number of hydrogen-bond acceptors (Lipinski definition) is 5. The summed E-state index contributed by atoms with van der Waals surface area (Å²) in [5, 5.41) is 7.34. The van der Waals surface area contributed by atoms with E-state index in [2.05, 4.69) is 10.5 Å². The van der Waals surface area contributed by atoms with Gasteiger partial charge in [-0.25, -0.2) is 0 Å². The minimum absolute atomic E-state index is 0.0856. The van der Waals surface area contributed by atoms with Crippen LogP contribution in [0.15, 0.2) is 47.0 Å². The number of hydrogen-bond donors (Lipinski definition) is 1. The third-order valence-electron chi connectivity index (χ3n) is 4.85. The molecule has 1 aromatic heterocycles. The maximum absolute atomic E-state index is 12.5. The Balaban J connectivity index is 1.48. The molecule has 0 spiro atoms. The van der Waals surface area contributed by atoms with Crippen molar-refractivity contribution in [3.05, 3.63) is 75.1 Å². The third kappa shape index (κ3) is 6.24. The molecule has 1 N–H and O–H groups in total. The second-order valence-corrected chi connectivity index (χ2v) is 8.15. The Morgan fingerprint density at radius 3 is 2.44 bits per heavy atom. The number of nitrogens with one attached hydrogen (secondary N) is 1. The Morgan fingerprint density at radius 2 is 1.81 bits per heavy atom. The van der Waals surface area contributed by atoms with E-state index < -0.39 is 0 Å². The quantitative estimate of drug-likeness (QED) is 0.504. The molecule has 168 valence electrons. The fourth-order valence-corrected chi connectivity index (χ4v) is 3.25. The molecule has 9 heteroatoms. The SMILES string of the molecule is Cc1noc(C)c1COc1ccc(CC(=O)N(C)CC(=O)Nc2ccc(Cl)c(Cl)c2)cc1. The topological polar surface area (TPSA) is 84.7 Å². The monoisotopic (exact) mass is 475 g/mol. The molecule has 0 saturated heterocycles. The normalized spacial score (nSPS) is 10.7. The predicted molar refractivity (Wildman–Crippen MR) is 123 cm³/mol. The van der Waals surface area contributed by atoms with Crippen LogP contribution in [0.4, 0.5) is 5.69 Å². The summed E-state index contributed by atoms with van der Waals surface area (Å²) in [5.41, 5.74) is 3.05. The van der Waals surface area contributed by atoms with Gasteiger partial charge in [0.2, 0.25) is 11.8 Å². The summed E-state index contributed by atoms with van der Waals surface area (Å²) in [6, 6.07) is 12.0. The number of carbonyl (C=O) groups excluding carboxylic acids is 2. The zero-order chi connectivity index (χ0) is 23.3. The second-order valence-electron chi connectivity index (χ2n) is 7.34. The maximum atomic E-state index is 12.5. The zero-order valence-electron chi connectivity index (χ0n) is 17.9. The van der Waals surface area contributed by atoms with Crippen LogP contribution in [0, 0.1) is 13.8 Å². The first kappa shape index (κ1) is 23.6. The largest absolute Gasteiger partial charge is 0.489 e. The lowest BCUT2D eigenvalue weighted by atomic mass is 10.1. The number of ether oxygens (including phenoxy) is 1. The Labute approximate surface area is 196 Å². The molecule has 0 aliphatic carbocycles. The number of rotatable bonds is 8. The number of nitrogens with zero attached hydrogens (tertiary/aromatic N) is 2. The van der Waals surface area contributed by atoms with Gasteiger partial charge in [0, 0.05) is 12.7 Å². The van der Waals surface area contributed by atoms with E-state index in [0.717, 1.165) is 22.6 Å². The summed E-state index contributed by atoms with van der Waals surface area (Å²) in [4.78, 5) is 26.1. The highest BCUT2D eigenvalue weighted by atomic mass is 35.5. The van der Waals surface area contributed by atoms with Crippen molar-refractivity contribution < 1.29 is 18.8 Å². The molecule has 3 rings (SSSR count). The molecule has 1 heterocycles. The molecule has 3 aromatic rings. The van der Waals surface area contributed by atoms with E-state index in [9.17, 15) is 9.59 Å². The summed E-state index contributed by atoms with van der Waals surface area (Å²) >= 11 is 11.8. The summed E-state index contributed by atoms with van der Waals surface area (Å²) in [6.07, 6.45) is 0.167. The van der Waals surface area contributed by atoms with Crippen LogP contribution in [-0.2, 0) is 22.6 Å². The summed E-state index contributed by atoms with van der Waals surface area (Å²) in [6.45, 7) is 3.98. The second kappa shape index (κ2) is 10.5. The highest BCUT2D eigenvalue weighted by Crippen LogP contribution is 2.25. The lowest BCUT2D eigenvalue weighted by Gasteiger charge is -2.17. The molecule has 32 heavy (non-hydrogen) atoms. The minimum Gasteiger partial charge on any atom is -0.489 e. The van der Waals surface area contributed by atoms with Gasteiger partial charge in [-0.2, -0.15) is 0 Å². The van der Waals surface area contributed by atoms with Crippen LogP contribution in [-0.4, -0.2) is 35.5 Å². The van der Waals surface area contributed by atoms with Crippen molar-refractivity contribution in [2.75, 3.05) is 18.9 Å². The molecule has 0 bridgehead atoms. The van der Waals surface area contributed by atoms with E-state index in [1.165, 1.54) is 4.90 Å². The maximum Gasteiger partial charge on any atom is 0.243 e. The molecule has 2 amide bonds. The predicted octanol–water partition coefficient (Wildman–Crippen LogP) is 4.82. The first-order valence-electron chi connectivity index (χ1n) is 9.85. The van der Waals surface area contributed by atoms with E-state index >= 15 is 0 Å². The van der Waals surface area contributed by atoms with Crippen LogP contribution < -0.4 is 10.1 Å². The first-order chi connectivity index (χ1) is 15.2. The van der Waals surface area contributed by atoms with Gasteiger partial charge in [-0.3, -0.25) is 9.59 Å². The molecular formula is C23H23Cl2N3O4. The molecule has 0 saturated carbocycles. The lowest BCUT2D eigenvalue weighted by Crippen LogP contribution is -2.35. The molecule has 7 nitrogen and oxygen atoms in total. The number of halogens is 2. The van der Waals surface area contributed by atoms with Gasteiger partial charge >= 0.3 is 0 Å². The first-order valence-corrected chi connectivity index (χ1v) is 10.6. The summed E-state index contributed by atoms with van der Waals surface area (Å²) < 4.78 is 10.9. The minimum atomic E-state index is -0.331. The van der Waals surface area contributed by atoms with Crippen LogP contribution in [0.3, 0.4) is 0 Å². The van der Waals surface area contributed by atoms with Crippen LogP contribution >= 0.6 is 23.2 Å². The molecule has 0 unspecified atom stereocenters. The van der Waals surface area contributed by atoms with Crippen molar-refractivity contribution in [3.63, 3.8) is 0 Å². The summed E-state index contributed by atoms with van der Waals surface area (Å²) in [7, 11) is 1.58. The molecule has 0 fully saturated rings. The molecule has 0 atom stereocenters. The van der Waals surface area contributed by atoms with Crippen molar-refractivity contribution in [2.24, 2.45) is 0 Å². The number of aromatic nitrogens is 1. The Morgan fingerprint density at radius 1 is 1.09 bits per heavy atom. The standard InChI is InChI=1S/C23H23Cl2N3O4/c1-14-19(15(2)32-27-14)13-31-18-7-4-16(5-8-18)10-23(30)28(3)12-22(29)26-17-6-9-20(24)21(25)11-17/h4-9,11H,10,12-13H2,1-3H3,(H,26,29). The average Bonchev–Trinajstić information content (AvgIpc) is 3.07. The number of likely N-dealkylation sites (N-methyl/N-ethyl adjacent to an activating group) is 1. The van der Waals surface area contributed by atoms with Gasteiger partial charge in [-0.1, -0.05) is 40.5 Å². The third-order valence-corrected chi connectivity index (χ3v) is 5.59. The van der Waals surface area contributed by atoms with Crippen LogP contribution in [0.2, 0.25) is 10.0 Å². The van der Waals surface area contributed by atoms with Gasteiger partial charge in [-0.15, -0.1) is 0 Å². The highest BCUT2D eigenvalue weighted by molar-refractivity contribution is 6.42. The highest BCUT2D eigenvalue weighted by Gasteiger charge is 2.15. The molecule has 0 radical (unpaired) electrons. The van der Waals surface area contributed by atoms with Crippen LogP contribution in [0.1, 0.15) is 22.6 Å². The fourth-order valence-electron chi connectivity index (χ4n) is 2.95. The van der Waals surface area contributed by atoms with E-state index in [1.807, 2.05) is 26.0 Å². The fraction of sp³-hybridized carbons (Fsp3) is 0.261. The van der Waals surface area contributed by atoms with E-state index in [4.69, 9.17) is 32.5 Å². The van der Waals surface area contributed by atoms with Crippen molar-refractivity contribution in [1.29, 1.82) is 0 Å². The van der Waals surface area contributed by atoms with E-state index in [0.29, 0.717) is 28.1 Å². The van der Waals surface area contributed by atoms with E-state index in [-0.39, 0.29) is 24.8 Å². The lowest BCUT2D eigenvalue weighted by molar-refractivity contribution is -0.132. The van der Waals surface area contributed by atoms with Crippen molar-refractivity contribution in [1.82, 2.24) is 10.1 Å². The van der Waals surface area contributed by atoms with Crippen LogP contribution in [0.5, 0.6) is 5.75 Å². The van der Waals surface area contributed by atoms with Gasteiger partial charge in [0.15, 0.2) is 0 Å². The van der Waals surface area contributed by atoms with E-state index in [1.54, 1.807) is 37.4 Å². The van der Waals surface area contributed by atoms with Gasteiger partial charge in [-0.05, 0) is 49.7 Å². The average molecular weight is 476 g/mol. The van der Waals surface area contributed by atoms with Crippen LogP contribution in [0.25, 0.3) is 0 Å². The molecule has 0 aliphatic heterocycles. The Kier molecular flexibility index (Phi) is 7.77.